The van der Waals surface area contributed by atoms with E-state index >= 15 is 0 Å². The fourth-order valence-electron chi connectivity index (χ4n) is 3.51. The number of hydrogen-bond acceptors (Lipinski definition) is 2. The molecule has 0 N–H and O–H groups in total. The molecule has 5 heteroatoms. The molecule has 2 amide bonds. The summed E-state index contributed by atoms with van der Waals surface area (Å²) in [5, 5.41) is 0. The molecule has 1 unspecified atom stereocenters. The minimum Gasteiger partial charge on any atom is -0.339 e. The number of hydrogen-bond donors (Lipinski definition) is 0. The number of carbonyl (C=O) groups is 2. The van der Waals surface area contributed by atoms with Crippen LogP contribution in [0.25, 0.3) is 0 Å². The quantitative estimate of drug-likeness (QED) is 0.831. The minimum atomic E-state index is -0.291. The van der Waals surface area contributed by atoms with Gasteiger partial charge < -0.3 is 9.80 Å². The maximum absolute atomic E-state index is 13.8. The monoisotopic (exact) mass is 368 g/mol. The van der Waals surface area contributed by atoms with E-state index in [9.17, 15) is 14.0 Å². The number of aryl methyl sites for hydroxylation is 1. The summed E-state index contributed by atoms with van der Waals surface area (Å²) in [7, 11) is 0. The minimum absolute atomic E-state index is 0.0135. The zero-order chi connectivity index (χ0) is 19.4. The van der Waals surface area contributed by atoms with Crippen LogP contribution in [0.5, 0.6) is 0 Å². The summed E-state index contributed by atoms with van der Waals surface area (Å²) in [6.07, 6.45) is 0.383. The lowest BCUT2D eigenvalue weighted by atomic mass is 9.99. The SMILES string of the molecule is Cc1ccccc1C(=O)N1CCN(C(=O)C(C)Cc2ccccc2F)CC1. The first-order chi connectivity index (χ1) is 13.0. The van der Waals surface area contributed by atoms with Gasteiger partial charge in [-0.05, 0) is 36.6 Å². The van der Waals surface area contributed by atoms with E-state index in [1.165, 1.54) is 6.07 Å². The van der Waals surface area contributed by atoms with Gasteiger partial charge in [0.2, 0.25) is 5.91 Å². The molecule has 2 aromatic rings. The number of amides is 2. The molecule has 1 aliphatic rings. The molecule has 3 rings (SSSR count). The van der Waals surface area contributed by atoms with Crippen molar-refractivity contribution in [1.29, 1.82) is 0 Å². The second-order valence-electron chi connectivity index (χ2n) is 7.13. The Kier molecular flexibility index (Phi) is 5.89. The molecule has 2 aromatic carbocycles. The maximum atomic E-state index is 13.8. The fraction of sp³-hybridized carbons (Fsp3) is 0.364. The van der Waals surface area contributed by atoms with Crippen molar-refractivity contribution in [2.45, 2.75) is 20.3 Å². The standard InChI is InChI=1S/C22H25FN2O2/c1-16-7-3-5-9-19(16)22(27)25-13-11-24(12-14-25)21(26)17(2)15-18-8-4-6-10-20(18)23/h3-10,17H,11-15H2,1-2H3. The number of nitrogens with zero attached hydrogens (tertiary/aromatic N) is 2. The van der Waals surface area contributed by atoms with Gasteiger partial charge in [0.05, 0.1) is 0 Å². The molecule has 4 nitrogen and oxygen atoms in total. The zero-order valence-corrected chi connectivity index (χ0v) is 15.8. The smallest absolute Gasteiger partial charge is 0.254 e. The number of benzene rings is 2. The molecule has 27 heavy (non-hydrogen) atoms. The normalized spacial score (nSPS) is 15.5. The van der Waals surface area contributed by atoms with Crippen molar-refractivity contribution in [1.82, 2.24) is 9.80 Å². The Morgan fingerprint density at radius 2 is 1.56 bits per heavy atom. The molecular weight excluding hydrogens is 343 g/mol. The first-order valence-electron chi connectivity index (χ1n) is 9.34. The first kappa shape index (κ1) is 19.1. The molecule has 1 heterocycles. The van der Waals surface area contributed by atoms with E-state index in [1.807, 2.05) is 38.1 Å². The molecule has 1 saturated heterocycles. The van der Waals surface area contributed by atoms with Gasteiger partial charge in [0.15, 0.2) is 0 Å². The van der Waals surface area contributed by atoms with Crippen molar-refractivity contribution < 1.29 is 14.0 Å². The van der Waals surface area contributed by atoms with E-state index in [-0.39, 0.29) is 23.5 Å². The van der Waals surface area contributed by atoms with E-state index in [2.05, 4.69) is 0 Å². The summed E-state index contributed by atoms with van der Waals surface area (Å²) in [6.45, 7) is 5.82. The second-order valence-corrected chi connectivity index (χ2v) is 7.13. The van der Waals surface area contributed by atoms with E-state index in [0.717, 1.165) is 5.56 Å². The van der Waals surface area contributed by atoms with Crippen LogP contribution in [0.3, 0.4) is 0 Å². The van der Waals surface area contributed by atoms with Crippen LogP contribution >= 0.6 is 0 Å². The summed E-state index contributed by atoms with van der Waals surface area (Å²) in [6, 6.07) is 14.1. The molecule has 0 aliphatic carbocycles. The van der Waals surface area contributed by atoms with Gasteiger partial charge in [-0.1, -0.05) is 43.3 Å². The Balaban J connectivity index is 1.57. The lowest BCUT2D eigenvalue weighted by Crippen LogP contribution is -2.52. The summed E-state index contributed by atoms with van der Waals surface area (Å²) in [4.78, 5) is 29.0. The van der Waals surface area contributed by atoms with E-state index in [0.29, 0.717) is 43.7 Å². The van der Waals surface area contributed by atoms with E-state index in [1.54, 1.807) is 28.0 Å². The Hall–Kier alpha value is -2.69. The Labute approximate surface area is 159 Å². The van der Waals surface area contributed by atoms with Crippen molar-refractivity contribution in [3.8, 4) is 0 Å². The van der Waals surface area contributed by atoms with Gasteiger partial charge in [0, 0.05) is 37.7 Å². The Morgan fingerprint density at radius 3 is 2.22 bits per heavy atom. The average Bonchev–Trinajstić information content (AvgIpc) is 2.69. The topological polar surface area (TPSA) is 40.6 Å². The van der Waals surface area contributed by atoms with Gasteiger partial charge in [-0.25, -0.2) is 4.39 Å². The highest BCUT2D eigenvalue weighted by Gasteiger charge is 2.28. The summed E-state index contributed by atoms with van der Waals surface area (Å²) in [5.41, 5.74) is 2.23. The first-order valence-corrected chi connectivity index (χ1v) is 9.34. The molecule has 142 valence electrons. The molecule has 0 radical (unpaired) electrons. The maximum Gasteiger partial charge on any atom is 0.254 e. The number of rotatable bonds is 4. The van der Waals surface area contributed by atoms with Crippen LogP contribution in [0.1, 0.15) is 28.4 Å². The summed E-state index contributed by atoms with van der Waals surface area (Å²) < 4.78 is 13.8. The third-order valence-corrected chi connectivity index (χ3v) is 5.16. The molecule has 1 aliphatic heterocycles. The highest BCUT2D eigenvalue weighted by Crippen LogP contribution is 2.17. The molecule has 0 aromatic heterocycles. The molecule has 0 spiro atoms. The van der Waals surface area contributed by atoms with Crippen LogP contribution in [-0.2, 0) is 11.2 Å². The van der Waals surface area contributed by atoms with E-state index < -0.39 is 0 Å². The van der Waals surface area contributed by atoms with Crippen LogP contribution in [0.2, 0.25) is 0 Å². The van der Waals surface area contributed by atoms with Gasteiger partial charge in [0.1, 0.15) is 5.82 Å². The largest absolute Gasteiger partial charge is 0.339 e. The number of piperazine rings is 1. The van der Waals surface area contributed by atoms with Crippen LogP contribution in [-0.4, -0.2) is 47.8 Å². The van der Waals surface area contributed by atoms with Crippen LogP contribution in [0.15, 0.2) is 48.5 Å². The number of halogens is 1. The second kappa shape index (κ2) is 8.33. The predicted molar refractivity (Wildman–Crippen MR) is 103 cm³/mol. The van der Waals surface area contributed by atoms with Crippen molar-refractivity contribution in [2.24, 2.45) is 5.92 Å². The Bertz CT molecular complexity index is 829. The molecular formula is C22H25FN2O2. The lowest BCUT2D eigenvalue weighted by Gasteiger charge is -2.36. The molecule has 1 atom stereocenters. The van der Waals surface area contributed by atoms with Crippen molar-refractivity contribution in [3.05, 3.63) is 71.0 Å². The van der Waals surface area contributed by atoms with Crippen LogP contribution in [0.4, 0.5) is 4.39 Å². The van der Waals surface area contributed by atoms with Gasteiger partial charge in [-0.2, -0.15) is 0 Å². The predicted octanol–water partition coefficient (Wildman–Crippen LogP) is 3.30. The highest BCUT2D eigenvalue weighted by atomic mass is 19.1. The van der Waals surface area contributed by atoms with Crippen LogP contribution < -0.4 is 0 Å². The van der Waals surface area contributed by atoms with Crippen molar-refractivity contribution >= 4 is 11.8 Å². The zero-order valence-electron chi connectivity index (χ0n) is 15.8. The molecule has 1 fully saturated rings. The third kappa shape index (κ3) is 4.35. The fourth-order valence-corrected chi connectivity index (χ4v) is 3.51. The van der Waals surface area contributed by atoms with Gasteiger partial charge >= 0.3 is 0 Å². The summed E-state index contributed by atoms with van der Waals surface area (Å²) >= 11 is 0. The van der Waals surface area contributed by atoms with Crippen molar-refractivity contribution in [2.75, 3.05) is 26.2 Å². The molecule has 0 bridgehead atoms. The average molecular weight is 368 g/mol. The Morgan fingerprint density at radius 1 is 0.963 bits per heavy atom. The third-order valence-electron chi connectivity index (χ3n) is 5.16. The van der Waals surface area contributed by atoms with Crippen LogP contribution in [0, 0.1) is 18.7 Å². The van der Waals surface area contributed by atoms with Gasteiger partial charge in [-0.3, -0.25) is 9.59 Å². The van der Waals surface area contributed by atoms with Crippen molar-refractivity contribution in [3.63, 3.8) is 0 Å². The van der Waals surface area contributed by atoms with Gasteiger partial charge in [0.25, 0.3) is 5.91 Å². The van der Waals surface area contributed by atoms with E-state index in [4.69, 9.17) is 0 Å². The highest BCUT2D eigenvalue weighted by molar-refractivity contribution is 5.95. The lowest BCUT2D eigenvalue weighted by molar-refractivity contribution is -0.136. The van der Waals surface area contributed by atoms with Gasteiger partial charge in [-0.15, -0.1) is 0 Å². The number of carbonyl (C=O) groups excluding carboxylic acids is 2. The molecule has 0 saturated carbocycles. The summed E-state index contributed by atoms with van der Waals surface area (Å²) in [5.74, 6) is -0.535.